The summed E-state index contributed by atoms with van der Waals surface area (Å²) in [6.07, 6.45) is 0. The smallest absolute Gasteiger partial charge is 0.162 e. The van der Waals surface area contributed by atoms with Gasteiger partial charge in [-0.25, -0.2) is 0 Å². The molecule has 0 heterocycles. The Balaban J connectivity index is 2.16. The number of ether oxygens (including phenoxy) is 2. The quantitative estimate of drug-likeness (QED) is 0.872. The zero-order valence-electron chi connectivity index (χ0n) is 10.9. The van der Waals surface area contributed by atoms with Crippen molar-refractivity contribution in [3.05, 3.63) is 57.0 Å². The highest BCUT2D eigenvalue weighted by atomic mass is 79.9. The molecule has 5 heteroatoms. The van der Waals surface area contributed by atoms with E-state index in [4.69, 9.17) is 21.1 Å². The Morgan fingerprint density at radius 3 is 2.45 bits per heavy atom. The molecule has 0 fully saturated rings. The lowest BCUT2D eigenvalue weighted by Crippen LogP contribution is -1.99. The third kappa shape index (κ3) is 3.66. The van der Waals surface area contributed by atoms with Gasteiger partial charge in [0.25, 0.3) is 0 Å². The van der Waals surface area contributed by atoms with Crippen molar-refractivity contribution in [2.24, 2.45) is 0 Å². The molecule has 3 nitrogen and oxygen atoms in total. The van der Waals surface area contributed by atoms with Gasteiger partial charge in [0, 0.05) is 9.50 Å². The van der Waals surface area contributed by atoms with Crippen LogP contribution in [0.2, 0.25) is 5.02 Å². The first-order valence-corrected chi connectivity index (χ1v) is 7.15. The summed E-state index contributed by atoms with van der Waals surface area (Å²) in [4.78, 5) is 0. The van der Waals surface area contributed by atoms with E-state index >= 15 is 0 Å². The van der Waals surface area contributed by atoms with E-state index in [0.29, 0.717) is 23.1 Å². The molecule has 0 aliphatic carbocycles. The number of halogens is 2. The fourth-order valence-corrected chi connectivity index (χ4v) is 2.29. The van der Waals surface area contributed by atoms with Crippen molar-refractivity contribution >= 4 is 27.5 Å². The summed E-state index contributed by atoms with van der Waals surface area (Å²) in [5, 5.41) is 9.92. The van der Waals surface area contributed by atoms with Crippen molar-refractivity contribution in [2.75, 3.05) is 7.11 Å². The SMILES string of the molecule is COc1cc(CO)c(Br)cc1OCc1ccc(Cl)cc1. The van der Waals surface area contributed by atoms with Crippen molar-refractivity contribution in [1.82, 2.24) is 0 Å². The van der Waals surface area contributed by atoms with Crippen molar-refractivity contribution in [3.63, 3.8) is 0 Å². The molecular formula is C15H14BrClO3. The van der Waals surface area contributed by atoms with E-state index in [1.54, 1.807) is 19.2 Å². The first-order valence-electron chi connectivity index (χ1n) is 5.98. The van der Waals surface area contributed by atoms with Crippen LogP contribution >= 0.6 is 27.5 Å². The Bertz CT molecular complexity index is 584. The minimum absolute atomic E-state index is 0.0611. The molecule has 106 valence electrons. The van der Waals surface area contributed by atoms with Crippen molar-refractivity contribution in [1.29, 1.82) is 0 Å². The van der Waals surface area contributed by atoms with Gasteiger partial charge in [-0.3, -0.25) is 0 Å². The largest absolute Gasteiger partial charge is 0.493 e. The first-order chi connectivity index (χ1) is 9.63. The van der Waals surface area contributed by atoms with Gasteiger partial charge in [-0.15, -0.1) is 0 Å². The predicted octanol–water partition coefficient (Wildman–Crippen LogP) is 4.18. The lowest BCUT2D eigenvalue weighted by molar-refractivity contribution is 0.273. The second-order valence-corrected chi connectivity index (χ2v) is 5.46. The Morgan fingerprint density at radius 2 is 1.85 bits per heavy atom. The fraction of sp³-hybridized carbons (Fsp3) is 0.200. The summed E-state index contributed by atoms with van der Waals surface area (Å²) in [6.45, 7) is 0.354. The number of rotatable bonds is 5. The van der Waals surface area contributed by atoms with E-state index in [2.05, 4.69) is 15.9 Å². The minimum atomic E-state index is -0.0611. The van der Waals surface area contributed by atoms with Crippen LogP contribution in [-0.4, -0.2) is 12.2 Å². The highest BCUT2D eigenvalue weighted by Gasteiger charge is 2.10. The van der Waals surface area contributed by atoms with E-state index in [1.165, 1.54) is 0 Å². The zero-order valence-corrected chi connectivity index (χ0v) is 13.2. The highest BCUT2D eigenvalue weighted by molar-refractivity contribution is 9.10. The van der Waals surface area contributed by atoms with Crippen LogP contribution in [0.25, 0.3) is 0 Å². The van der Waals surface area contributed by atoms with Crippen molar-refractivity contribution in [2.45, 2.75) is 13.2 Å². The van der Waals surface area contributed by atoms with Gasteiger partial charge in [-0.05, 0) is 35.4 Å². The fourth-order valence-electron chi connectivity index (χ4n) is 1.71. The van der Waals surface area contributed by atoms with E-state index in [1.807, 2.05) is 24.3 Å². The minimum Gasteiger partial charge on any atom is -0.493 e. The molecule has 2 aromatic rings. The van der Waals surface area contributed by atoms with Gasteiger partial charge in [0.2, 0.25) is 0 Å². The van der Waals surface area contributed by atoms with E-state index in [-0.39, 0.29) is 6.61 Å². The summed E-state index contributed by atoms with van der Waals surface area (Å²) in [5.41, 5.74) is 1.76. The number of hydrogen-bond acceptors (Lipinski definition) is 3. The molecule has 0 saturated heterocycles. The Labute approximate surface area is 131 Å². The number of aliphatic hydroxyl groups is 1. The second kappa shape index (κ2) is 6.97. The maximum atomic E-state index is 9.22. The van der Waals surface area contributed by atoms with Gasteiger partial charge in [0.1, 0.15) is 6.61 Å². The van der Waals surface area contributed by atoms with Gasteiger partial charge >= 0.3 is 0 Å². The molecule has 1 N–H and O–H groups in total. The molecule has 2 rings (SSSR count). The molecule has 0 atom stereocenters. The monoisotopic (exact) mass is 356 g/mol. The van der Waals surface area contributed by atoms with Gasteiger partial charge < -0.3 is 14.6 Å². The van der Waals surface area contributed by atoms with Crippen molar-refractivity contribution < 1.29 is 14.6 Å². The molecule has 0 radical (unpaired) electrons. The van der Waals surface area contributed by atoms with Crippen LogP contribution in [0.15, 0.2) is 40.9 Å². The normalized spacial score (nSPS) is 10.4. The topological polar surface area (TPSA) is 38.7 Å². The number of benzene rings is 2. The Morgan fingerprint density at radius 1 is 1.15 bits per heavy atom. The molecule has 0 aromatic heterocycles. The van der Waals surface area contributed by atoms with Gasteiger partial charge in [0.15, 0.2) is 11.5 Å². The van der Waals surface area contributed by atoms with Crippen LogP contribution in [0.5, 0.6) is 11.5 Å². The molecule has 0 aliphatic rings. The van der Waals surface area contributed by atoms with Crippen LogP contribution < -0.4 is 9.47 Å². The van der Waals surface area contributed by atoms with E-state index in [0.717, 1.165) is 15.6 Å². The standard InChI is InChI=1S/C15H14BrClO3/c1-19-14-6-11(8-18)13(16)7-15(14)20-9-10-2-4-12(17)5-3-10/h2-7,18H,8-9H2,1H3. The molecule has 20 heavy (non-hydrogen) atoms. The van der Waals surface area contributed by atoms with Crippen LogP contribution in [0, 0.1) is 0 Å². The van der Waals surface area contributed by atoms with Crippen LogP contribution in [0.1, 0.15) is 11.1 Å². The summed E-state index contributed by atoms with van der Waals surface area (Å²) >= 11 is 9.23. The van der Waals surface area contributed by atoms with Crippen LogP contribution in [0.3, 0.4) is 0 Å². The first kappa shape index (κ1) is 15.2. The lowest BCUT2D eigenvalue weighted by Gasteiger charge is -2.13. The molecule has 0 saturated carbocycles. The molecule has 2 aromatic carbocycles. The third-order valence-corrected chi connectivity index (χ3v) is 3.80. The third-order valence-electron chi connectivity index (χ3n) is 2.81. The summed E-state index contributed by atoms with van der Waals surface area (Å²) in [5.74, 6) is 1.21. The molecule has 0 amide bonds. The summed E-state index contributed by atoms with van der Waals surface area (Å²) < 4.78 is 11.8. The molecule has 0 aliphatic heterocycles. The lowest BCUT2D eigenvalue weighted by atomic mass is 10.2. The average Bonchev–Trinajstić information content (AvgIpc) is 2.46. The van der Waals surface area contributed by atoms with Gasteiger partial charge in [-0.1, -0.05) is 39.7 Å². The predicted molar refractivity (Wildman–Crippen MR) is 82.4 cm³/mol. The molecule has 0 bridgehead atoms. The maximum absolute atomic E-state index is 9.22. The average molecular weight is 358 g/mol. The van der Waals surface area contributed by atoms with Gasteiger partial charge in [-0.2, -0.15) is 0 Å². The number of aliphatic hydroxyl groups excluding tert-OH is 1. The van der Waals surface area contributed by atoms with Gasteiger partial charge in [0.05, 0.1) is 13.7 Å². The maximum Gasteiger partial charge on any atom is 0.162 e. The second-order valence-electron chi connectivity index (χ2n) is 4.17. The van der Waals surface area contributed by atoms with E-state index in [9.17, 15) is 5.11 Å². The molecule has 0 unspecified atom stereocenters. The highest BCUT2D eigenvalue weighted by Crippen LogP contribution is 2.34. The zero-order chi connectivity index (χ0) is 14.5. The molecule has 0 spiro atoms. The van der Waals surface area contributed by atoms with Crippen LogP contribution in [-0.2, 0) is 13.2 Å². The molecular weight excluding hydrogens is 344 g/mol. The Hall–Kier alpha value is -1.23. The number of hydrogen-bond donors (Lipinski definition) is 1. The van der Waals surface area contributed by atoms with Crippen LogP contribution in [0.4, 0.5) is 0 Å². The Kier molecular flexibility index (Phi) is 5.29. The summed E-state index contributed by atoms with van der Waals surface area (Å²) in [7, 11) is 1.57. The number of methoxy groups -OCH3 is 1. The summed E-state index contributed by atoms with van der Waals surface area (Å²) in [6, 6.07) is 11.0. The van der Waals surface area contributed by atoms with Crippen molar-refractivity contribution in [3.8, 4) is 11.5 Å². The van der Waals surface area contributed by atoms with E-state index < -0.39 is 0 Å².